The molecule has 0 amide bonds. The summed E-state index contributed by atoms with van der Waals surface area (Å²) >= 11 is 0. The van der Waals surface area contributed by atoms with E-state index in [4.69, 9.17) is 25.3 Å². The van der Waals surface area contributed by atoms with Crippen LogP contribution in [0.3, 0.4) is 0 Å². The number of hydrogen-bond acceptors (Lipinski definition) is 5. The molecule has 0 aliphatic rings. The second-order valence-electron chi connectivity index (χ2n) is 4.07. The SMILES string of the molecule is Nc1ccc2cc(OP(=O)(O)O)cc(OP(=O)(O)O)c2c1. The molecule has 0 saturated carbocycles. The number of fused-ring (bicyclic) bond motifs is 1. The number of nitrogens with two attached hydrogens (primary N) is 1. The Morgan fingerprint density at radius 3 is 2.10 bits per heavy atom. The van der Waals surface area contributed by atoms with Gasteiger partial charge in [-0.2, -0.15) is 0 Å². The third kappa shape index (κ3) is 4.44. The number of anilines is 1. The van der Waals surface area contributed by atoms with Crippen LogP contribution in [0.25, 0.3) is 10.8 Å². The molecular formula is C10H11NO8P2. The highest BCUT2D eigenvalue weighted by Gasteiger charge is 2.21. The van der Waals surface area contributed by atoms with Gasteiger partial charge in [0, 0.05) is 17.1 Å². The monoisotopic (exact) mass is 335 g/mol. The standard InChI is InChI=1S/C10H11NO8P2/c11-7-2-1-6-3-8(18-20(12,13)14)5-10(9(6)4-7)19-21(15,16)17/h1-5H,11H2,(H2,12,13,14)(H2,15,16,17). The number of phosphoric ester groups is 2. The van der Waals surface area contributed by atoms with Gasteiger partial charge in [0.1, 0.15) is 11.5 Å². The molecule has 6 N–H and O–H groups in total. The quantitative estimate of drug-likeness (QED) is 0.410. The summed E-state index contributed by atoms with van der Waals surface area (Å²) in [4.78, 5) is 35.3. The number of hydrogen-bond donors (Lipinski definition) is 5. The fourth-order valence-electron chi connectivity index (χ4n) is 1.71. The molecule has 0 aromatic heterocycles. The largest absolute Gasteiger partial charge is 0.524 e. The lowest BCUT2D eigenvalue weighted by Gasteiger charge is -2.13. The van der Waals surface area contributed by atoms with Crippen molar-refractivity contribution in [3.05, 3.63) is 30.3 Å². The van der Waals surface area contributed by atoms with Gasteiger partial charge in [-0.1, -0.05) is 6.07 Å². The fraction of sp³-hybridized carbons (Fsp3) is 0. The Labute approximate surface area is 118 Å². The maximum Gasteiger partial charge on any atom is 0.524 e. The van der Waals surface area contributed by atoms with E-state index >= 15 is 0 Å². The predicted octanol–water partition coefficient (Wildman–Crippen LogP) is 1.36. The number of nitrogen functional groups attached to an aromatic ring is 1. The van der Waals surface area contributed by atoms with Crippen molar-refractivity contribution < 1.29 is 37.8 Å². The van der Waals surface area contributed by atoms with E-state index in [9.17, 15) is 9.13 Å². The van der Waals surface area contributed by atoms with Crippen molar-refractivity contribution in [1.29, 1.82) is 0 Å². The highest BCUT2D eigenvalue weighted by molar-refractivity contribution is 7.47. The summed E-state index contributed by atoms with van der Waals surface area (Å²) in [6.45, 7) is 0. The van der Waals surface area contributed by atoms with Crippen LogP contribution in [-0.2, 0) is 9.13 Å². The van der Waals surface area contributed by atoms with Crippen LogP contribution < -0.4 is 14.8 Å². The van der Waals surface area contributed by atoms with Crippen LogP contribution >= 0.6 is 15.6 Å². The van der Waals surface area contributed by atoms with E-state index in [0.717, 1.165) is 6.07 Å². The van der Waals surface area contributed by atoms with Gasteiger partial charge < -0.3 is 14.8 Å². The Kier molecular flexibility index (Phi) is 3.99. The van der Waals surface area contributed by atoms with Crippen LogP contribution in [-0.4, -0.2) is 19.6 Å². The molecule has 114 valence electrons. The summed E-state index contributed by atoms with van der Waals surface area (Å²) in [5.41, 5.74) is 5.91. The summed E-state index contributed by atoms with van der Waals surface area (Å²) in [7, 11) is -9.69. The minimum absolute atomic E-state index is 0.261. The van der Waals surface area contributed by atoms with Gasteiger partial charge in [0.2, 0.25) is 0 Å². The van der Waals surface area contributed by atoms with Crippen LogP contribution in [0.2, 0.25) is 0 Å². The number of rotatable bonds is 4. The van der Waals surface area contributed by atoms with Gasteiger partial charge in [0.25, 0.3) is 0 Å². The van der Waals surface area contributed by atoms with Gasteiger partial charge in [-0.25, -0.2) is 9.13 Å². The molecular weight excluding hydrogens is 324 g/mol. The topological polar surface area (TPSA) is 160 Å². The molecule has 2 rings (SSSR count). The maximum absolute atomic E-state index is 11.0. The molecule has 21 heavy (non-hydrogen) atoms. The van der Waals surface area contributed by atoms with Crippen LogP contribution in [0, 0.1) is 0 Å². The first kappa shape index (κ1) is 15.8. The summed E-state index contributed by atoms with van der Waals surface area (Å²) in [5, 5.41) is 0.634. The molecule has 0 fully saturated rings. The van der Waals surface area contributed by atoms with E-state index in [0.29, 0.717) is 11.1 Å². The van der Waals surface area contributed by atoms with E-state index in [-0.39, 0.29) is 16.9 Å². The fourth-order valence-corrected chi connectivity index (χ4v) is 2.50. The van der Waals surface area contributed by atoms with Crippen molar-refractivity contribution in [2.24, 2.45) is 0 Å². The van der Waals surface area contributed by atoms with E-state index in [1.54, 1.807) is 0 Å². The highest BCUT2D eigenvalue weighted by Crippen LogP contribution is 2.45. The van der Waals surface area contributed by atoms with Crippen LogP contribution in [0.1, 0.15) is 0 Å². The maximum atomic E-state index is 11.0. The molecule has 0 aliphatic heterocycles. The Morgan fingerprint density at radius 1 is 0.905 bits per heavy atom. The molecule has 0 radical (unpaired) electrons. The van der Waals surface area contributed by atoms with Crippen molar-refractivity contribution in [2.45, 2.75) is 0 Å². The van der Waals surface area contributed by atoms with Gasteiger partial charge >= 0.3 is 15.6 Å². The molecule has 0 bridgehead atoms. The average Bonchev–Trinajstić information content (AvgIpc) is 2.25. The Balaban J connectivity index is 2.63. The van der Waals surface area contributed by atoms with Crippen molar-refractivity contribution >= 4 is 32.1 Å². The second-order valence-corrected chi connectivity index (χ2v) is 6.39. The van der Waals surface area contributed by atoms with Crippen molar-refractivity contribution in [2.75, 3.05) is 5.73 Å². The number of benzene rings is 2. The second kappa shape index (κ2) is 5.31. The van der Waals surface area contributed by atoms with E-state index in [1.807, 2.05) is 0 Å². The Bertz CT molecular complexity index is 780. The average molecular weight is 335 g/mol. The molecule has 0 spiro atoms. The van der Waals surface area contributed by atoms with Crippen LogP contribution in [0.5, 0.6) is 11.5 Å². The molecule has 0 aliphatic carbocycles. The Hall–Kier alpha value is -1.60. The summed E-state index contributed by atoms with van der Waals surface area (Å²) < 4.78 is 30.7. The first-order chi connectivity index (χ1) is 9.53. The zero-order chi connectivity index (χ0) is 15.8. The minimum atomic E-state index is -4.87. The lowest BCUT2D eigenvalue weighted by Crippen LogP contribution is -1.95. The molecule has 2 aromatic rings. The van der Waals surface area contributed by atoms with Crippen LogP contribution in [0.15, 0.2) is 30.3 Å². The smallest absolute Gasteiger partial charge is 0.404 e. The molecule has 0 atom stereocenters. The van der Waals surface area contributed by atoms with Crippen molar-refractivity contribution in [1.82, 2.24) is 0 Å². The molecule has 0 heterocycles. The normalized spacial score (nSPS) is 12.4. The van der Waals surface area contributed by atoms with E-state index in [1.165, 1.54) is 24.3 Å². The van der Waals surface area contributed by atoms with Crippen molar-refractivity contribution in [3.63, 3.8) is 0 Å². The van der Waals surface area contributed by atoms with Crippen molar-refractivity contribution in [3.8, 4) is 11.5 Å². The molecule has 0 saturated heterocycles. The molecule has 2 aromatic carbocycles. The zero-order valence-corrected chi connectivity index (χ0v) is 12.1. The first-order valence-electron chi connectivity index (χ1n) is 5.37. The lowest BCUT2D eigenvalue weighted by atomic mass is 10.1. The molecule has 9 nitrogen and oxygen atoms in total. The molecule has 0 unspecified atom stereocenters. The Morgan fingerprint density at radius 2 is 1.52 bits per heavy atom. The molecule has 11 heteroatoms. The highest BCUT2D eigenvalue weighted by atomic mass is 31.2. The lowest BCUT2D eigenvalue weighted by molar-refractivity contribution is 0.281. The van der Waals surface area contributed by atoms with Gasteiger partial charge in [0.05, 0.1) is 0 Å². The third-order valence-electron chi connectivity index (χ3n) is 2.36. The van der Waals surface area contributed by atoms with E-state index < -0.39 is 15.6 Å². The third-order valence-corrected chi connectivity index (χ3v) is 3.24. The van der Waals surface area contributed by atoms with Gasteiger partial charge in [-0.3, -0.25) is 19.6 Å². The van der Waals surface area contributed by atoms with Gasteiger partial charge in [0.15, 0.2) is 0 Å². The number of phosphoric acid groups is 2. The summed E-state index contributed by atoms with van der Waals surface area (Å²) in [6.07, 6.45) is 0. The summed E-state index contributed by atoms with van der Waals surface area (Å²) in [5.74, 6) is -0.611. The van der Waals surface area contributed by atoms with E-state index in [2.05, 4.69) is 9.05 Å². The summed E-state index contributed by atoms with van der Waals surface area (Å²) in [6, 6.07) is 6.64. The van der Waals surface area contributed by atoms with Gasteiger partial charge in [-0.15, -0.1) is 0 Å². The first-order valence-corrected chi connectivity index (χ1v) is 8.43. The van der Waals surface area contributed by atoms with Gasteiger partial charge in [-0.05, 0) is 23.6 Å². The predicted molar refractivity (Wildman–Crippen MR) is 73.7 cm³/mol. The van der Waals surface area contributed by atoms with Crippen LogP contribution in [0.4, 0.5) is 5.69 Å². The zero-order valence-electron chi connectivity index (χ0n) is 10.3. The minimum Gasteiger partial charge on any atom is -0.404 e.